The van der Waals surface area contributed by atoms with E-state index in [1.807, 2.05) is 23.1 Å². The third-order valence-corrected chi connectivity index (χ3v) is 6.22. The molecule has 2 aromatic rings. The Morgan fingerprint density at radius 3 is 2.86 bits per heavy atom. The van der Waals surface area contributed by atoms with Crippen LogP contribution in [-0.4, -0.2) is 37.2 Å². The summed E-state index contributed by atoms with van der Waals surface area (Å²) < 4.78 is 11.2. The lowest BCUT2D eigenvalue weighted by Crippen LogP contribution is -2.37. The molecule has 0 bridgehead atoms. The summed E-state index contributed by atoms with van der Waals surface area (Å²) in [4.78, 5) is 15.4. The first-order valence-corrected chi connectivity index (χ1v) is 10.8. The average molecular weight is 394 g/mol. The molecule has 0 N–H and O–H groups in total. The molecule has 0 radical (unpaired) electrons. The number of methoxy groups -OCH3 is 1. The van der Waals surface area contributed by atoms with E-state index in [9.17, 15) is 4.79 Å². The number of nitrogens with zero attached hydrogens (tertiary/aromatic N) is 1. The molecule has 1 amide bonds. The molecule has 2 aliphatic rings. The summed E-state index contributed by atoms with van der Waals surface area (Å²) in [7, 11) is 1.68. The summed E-state index contributed by atoms with van der Waals surface area (Å²) >= 11 is 0. The standard InChI is InChI=1S/C25H31NO3/c1-28-22-11-4-7-19(15-22)17-26(18-23-12-6-14-29-23)25(27)16-21-10-5-9-20-8-2-3-13-24(20)21/h2-4,7-8,11,13,15,21,23H,5-6,9-10,12,14,16-18H2,1H3. The van der Waals surface area contributed by atoms with Crippen LogP contribution in [0.25, 0.3) is 0 Å². The molecule has 1 aliphatic heterocycles. The van der Waals surface area contributed by atoms with Crippen LogP contribution in [0.15, 0.2) is 48.5 Å². The minimum Gasteiger partial charge on any atom is -0.497 e. The van der Waals surface area contributed by atoms with Crippen molar-refractivity contribution in [3.05, 3.63) is 65.2 Å². The van der Waals surface area contributed by atoms with Gasteiger partial charge in [-0.15, -0.1) is 0 Å². The molecular formula is C25H31NO3. The molecule has 1 saturated heterocycles. The third-order valence-electron chi connectivity index (χ3n) is 6.22. The number of carbonyl (C=O) groups is 1. The van der Waals surface area contributed by atoms with Gasteiger partial charge in [-0.2, -0.15) is 0 Å². The second-order valence-electron chi connectivity index (χ2n) is 8.25. The topological polar surface area (TPSA) is 38.8 Å². The van der Waals surface area contributed by atoms with E-state index >= 15 is 0 Å². The summed E-state index contributed by atoms with van der Waals surface area (Å²) in [5, 5.41) is 0. The Morgan fingerprint density at radius 1 is 1.14 bits per heavy atom. The Hall–Kier alpha value is -2.33. The molecule has 2 aromatic carbocycles. The summed E-state index contributed by atoms with van der Waals surface area (Å²) in [5.41, 5.74) is 3.88. The molecule has 4 nitrogen and oxygen atoms in total. The Kier molecular flexibility index (Phi) is 6.50. The van der Waals surface area contributed by atoms with Crippen molar-refractivity contribution < 1.29 is 14.3 Å². The van der Waals surface area contributed by atoms with Gasteiger partial charge >= 0.3 is 0 Å². The number of carbonyl (C=O) groups excluding carboxylic acids is 1. The molecule has 29 heavy (non-hydrogen) atoms. The Labute approximate surface area is 173 Å². The fourth-order valence-corrected chi connectivity index (χ4v) is 4.69. The van der Waals surface area contributed by atoms with Gasteiger partial charge in [0.15, 0.2) is 0 Å². The third kappa shape index (κ3) is 4.99. The van der Waals surface area contributed by atoms with Gasteiger partial charge in [0, 0.05) is 26.1 Å². The minimum absolute atomic E-state index is 0.156. The molecule has 1 heterocycles. The van der Waals surface area contributed by atoms with Crippen LogP contribution >= 0.6 is 0 Å². The number of benzene rings is 2. The van der Waals surface area contributed by atoms with E-state index in [1.54, 1.807) is 7.11 Å². The van der Waals surface area contributed by atoms with Crippen LogP contribution in [0.3, 0.4) is 0 Å². The Morgan fingerprint density at radius 2 is 2.03 bits per heavy atom. The SMILES string of the molecule is COc1cccc(CN(CC2CCCO2)C(=O)CC2CCCc3ccccc32)c1. The highest BCUT2D eigenvalue weighted by molar-refractivity contribution is 5.77. The van der Waals surface area contributed by atoms with Crippen molar-refractivity contribution >= 4 is 5.91 Å². The molecule has 0 spiro atoms. The van der Waals surface area contributed by atoms with Crippen LogP contribution in [0, 0.1) is 0 Å². The van der Waals surface area contributed by atoms with Crippen molar-refractivity contribution in [3.63, 3.8) is 0 Å². The molecule has 4 rings (SSSR count). The van der Waals surface area contributed by atoms with Crippen molar-refractivity contribution in [2.24, 2.45) is 0 Å². The van der Waals surface area contributed by atoms with E-state index in [2.05, 4.69) is 30.3 Å². The van der Waals surface area contributed by atoms with Gasteiger partial charge in [0.05, 0.1) is 13.2 Å². The zero-order valence-electron chi connectivity index (χ0n) is 17.3. The second kappa shape index (κ2) is 9.45. The summed E-state index contributed by atoms with van der Waals surface area (Å²) in [5.74, 6) is 1.38. The quantitative estimate of drug-likeness (QED) is 0.684. The lowest BCUT2D eigenvalue weighted by atomic mass is 9.81. The van der Waals surface area contributed by atoms with E-state index in [0.717, 1.165) is 50.0 Å². The Bertz CT molecular complexity index is 828. The van der Waals surface area contributed by atoms with Crippen molar-refractivity contribution in [1.82, 2.24) is 4.90 Å². The highest BCUT2D eigenvalue weighted by atomic mass is 16.5. The van der Waals surface area contributed by atoms with Crippen LogP contribution in [0.5, 0.6) is 5.75 Å². The van der Waals surface area contributed by atoms with Gasteiger partial charge in [0.25, 0.3) is 0 Å². The Balaban J connectivity index is 1.50. The van der Waals surface area contributed by atoms with Gasteiger partial charge in [-0.25, -0.2) is 0 Å². The first kappa shape index (κ1) is 20.0. The van der Waals surface area contributed by atoms with Crippen LogP contribution in [-0.2, 0) is 22.5 Å². The number of hydrogen-bond acceptors (Lipinski definition) is 3. The van der Waals surface area contributed by atoms with Crippen LogP contribution in [0.4, 0.5) is 0 Å². The smallest absolute Gasteiger partial charge is 0.223 e. The van der Waals surface area contributed by atoms with Crippen molar-refractivity contribution in [1.29, 1.82) is 0 Å². The van der Waals surface area contributed by atoms with Gasteiger partial charge in [0.1, 0.15) is 5.75 Å². The highest BCUT2D eigenvalue weighted by Gasteiger charge is 2.27. The van der Waals surface area contributed by atoms with Crippen molar-refractivity contribution in [3.8, 4) is 5.75 Å². The van der Waals surface area contributed by atoms with E-state index < -0.39 is 0 Å². The summed E-state index contributed by atoms with van der Waals surface area (Å²) in [6, 6.07) is 16.6. The van der Waals surface area contributed by atoms with E-state index in [-0.39, 0.29) is 12.0 Å². The maximum absolute atomic E-state index is 13.4. The summed E-state index contributed by atoms with van der Waals surface area (Å²) in [6.45, 7) is 2.08. The fourth-order valence-electron chi connectivity index (χ4n) is 4.69. The van der Waals surface area contributed by atoms with Gasteiger partial charge < -0.3 is 14.4 Å². The lowest BCUT2D eigenvalue weighted by molar-refractivity contribution is -0.134. The predicted octanol–water partition coefficient (Wildman–Crippen LogP) is 4.71. The number of hydrogen-bond donors (Lipinski definition) is 0. The number of ether oxygens (including phenoxy) is 2. The van der Waals surface area contributed by atoms with Crippen LogP contribution in [0.2, 0.25) is 0 Å². The molecular weight excluding hydrogens is 362 g/mol. The van der Waals surface area contributed by atoms with E-state index in [4.69, 9.17) is 9.47 Å². The molecule has 0 saturated carbocycles. The van der Waals surface area contributed by atoms with Gasteiger partial charge in [-0.3, -0.25) is 4.79 Å². The molecule has 1 fully saturated rings. The average Bonchev–Trinajstić information content (AvgIpc) is 3.27. The molecule has 1 aliphatic carbocycles. The number of rotatable bonds is 7. The molecule has 0 aromatic heterocycles. The molecule has 2 unspecified atom stereocenters. The largest absolute Gasteiger partial charge is 0.497 e. The highest BCUT2D eigenvalue weighted by Crippen LogP contribution is 2.34. The number of fused-ring (bicyclic) bond motifs is 1. The minimum atomic E-state index is 0.156. The molecule has 154 valence electrons. The normalized spacial score (nSPS) is 20.9. The second-order valence-corrected chi connectivity index (χ2v) is 8.25. The zero-order chi connectivity index (χ0) is 20.1. The monoisotopic (exact) mass is 393 g/mol. The lowest BCUT2D eigenvalue weighted by Gasteiger charge is -2.30. The van der Waals surface area contributed by atoms with Crippen molar-refractivity contribution in [2.75, 3.05) is 20.3 Å². The van der Waals surface area contributed by atoms with E-state index in [0.29, 0.717) is 25.4 Å². The first-order valence-electron chi connectivity index (χ1n) is 10.8. The molecule has 2 atom stereocenters. The van der Waals surface area contributed by atoms with Gasteiger partial charge in [-0.05, 0) is 66.8 Å². The van der Waals surface area contributed by atoms with Gasteiger partial charge in [-0.1, -0.05) is 36.4 Å². The van der Waals surface area contributed by atoms with Crippen LogP contribution < -0.4 is 4.74 Å². The first-order chi connectivity index (χ1) is 14.2. The van der Waals surface area contributed by atoms with Gasteiger partial charge in [0.2, 0.25) is 5.91 Å². The maximum Gasteiger partial charge on any atom is 0.223 e. The maximum atomic E-state index is 13.4. The van der Waals surface area contributed by atoms with E-state index in [1.165, 1.54) is 11.1 Å². The van der Waals surface area contributed by atoms with Crippen LogP contribution in [0.1, 0.15) is 54.7 Å². The number of amides is 1. The van der Waals surface area contributed by atoms with Crippen molar-refractivity contribution in [2.45, 2.75) is 57.1 Å². The zero-order valence-corrected chi connectivity index (χ0v) is 17.3. The molecule has 4 heteroatoms. The summed E-state index contributed by atoms with van der Waals surface area (Å²) in [6.07, 6.45) is 6.24. The predicted molar refractivity (Wildman–Crippen MR) is 114 cm³/mol. The fraction of sp³-hybridized carbons (Fsp3) is 0.480. The number of aryl methyl sites for hydroxylation is 1.